The molecular formula is C17H17NOS. The molecule has 0 spiro atoms. The van der Waals surface area contributed by atoms with Crippen LogP contribution in [0.3, 0.4) is 0 Å². The van der Waals surface area contributed by atoms with Gasteiger partial charge >= 0.3 is 0 Å². The number of benzene rings is 2. The Morgan fingerprint density at radius 1 is 1.15 bits per heavy atom. The molecule has 0 aliphatic heterocycles. The summed E-state index contributed by atoms with van der Waals surface area (Å²) in [5, 5.41) is 3.39. The van der Waals surface area contributed by atoms with E-state index in [2.05, 4.69) is 41.8 Å². The van der Waals surface area contributed by atoms with Crippen molar-refractivity contribution in [1.29, 1.82) is 0 Å². The molecule has 1 heterocycles. The molecular weight excluding hydrogens is 266 g/mol. The van der Waals surface area contributed by atoms with Crippen LogP contribution in [0.25, 0.3) is 10.1 Å². The van der Waals surface area contributed by atoms with Crippen LogP contribution >= 0.6 is 11.3 Å². The highest BCUT2D eigenvalue weighted by atomic mass is 32.1. The van der Waals surface area contributed by atoms with Gasteiger partial charge in [-0.25, -0.2) is 0 Å². The van der Waals surface area contributed by atoms with Crippen molar-refractivity contribution in [3.8, 4) is 5.75 Å². The summed E-state index contributed by atoms with van der Waals surface area (Å²) in [7, 11) is 1.69. The molecule has 2 N–H and O–H groups in total. The number of fused-ring (bicyclic) bond motifs is 1. The molecule has 3 rings (SSSR count). The highest BCUT2D eigenvalue weighted by molar-refractivity contribution is 7.17. The van der Waals surface area contributed by atoms with Crippen molar-refractivity contribution >= 4 is 21.4 Å². The molecule has 0 radical (unpaired) electrons. The second-order valence-electron chi connectivity index (χ2n) is 4.85. The average molecular weight is 283 g/mol. The summed E-state index contributed by atoms with van der Waals surface area (Å²) >= 11 is 1.76. The van der Waals surface area contributed by atoms with E-state index < -0.39 is 0 Å². The van der Waals surface area contributed by atoms with Gasteiger partial charge in [-0.2, -0.15) is 0 Å². The molecule has 2 nitrogen and oxygen atoms in total. The molecule has 1 atom stereocenters. The minimum Gasteiger partial charge on any atom is -0.497 e. The third-order valence-electron chi connectivity index (χ3n) is 3.50. The number of rotatable bonds is 4. The summed E-state index contributed by atoms with van der Waals surface area (Å²) in [4.78, 5) is 0. The van der Waals surface area contributed by atoms with Crippen LogP contribution in [-0.4, -0.2) is 7.11 Å². The van der Waals surface area contributed by atoms with E-state index in [0.717, 1.165) is 12.2 Å². The Labute approximate surface area is 122 Å². The smallest absolute Gasteiger partial charge is 0.119 e. The Bertz CT molecular complexity index is 720. The van der Waals surface area contributed by atoms with Crippen molar-refractivity contribution in [2.45, 2.75) is 12.5 Å². The van der Waals surface area contributed by atoms with Gasteiger partial charge in [0, 0.05) is 10.7 Å². The van der Waals surface area contributed by atoms with Gasteiger partial charge in [-0.15, -0.1) is 11.3 Å². The monoisotopic (exact) mass is 283 g/mol. The van der Waals surface area contributed by atoms with Gasteiger partial charge < -0.3 is 10.5 Å². The summed E-state index contributed by atoms with van der Waals surface area (Å²) in [5.74, 6) is 0.879. The Morgan fingerprint density at radius 3 is 2.85 bits per heavy atom. The molecule has 0 bridgehead atoms. The van der Waals surface area contributed by atoms with Crippen molar-refractivity contribution in [2.75, 3.05) is 7.11 Å². The fourth-order valence-corrected chi connectivity index (χ4v) is 3.45. The van der Waals surface area contributed by atoms with Crippen LogP contribution < -0.4 is 10.5 Å². The van der Waals surface area contributed by atoms with Crippen molar-refractivity contribution in [2.24, 2.45) is 5.73 Å². The van der Waals surface area contributed by atoms with Gasteiger partial charge in [-0.3, -0.25) is 0 Å². The maximum Gasteiger partial charge on any atom is 0.119 e. The van der Waals surface area contributed by atoms with Gasteiger partial charge in [-0.05, 0) is 46.5 Å². The maximum absolute atomic E-state index is 6.41. The second-order valence-corrected chi connectivity index (χ2v) is 5.76. The van der Waals surface area contributed by atoms with Gasteiger partial charge in [0.25, 0.3) is 0 Å². The Morgan fingerprint density at radius 2 is 2.00 bits per heavy atom. The van der Waals surface area contributed by atoms with E-state index >= 15 is 0 Å². The Hall–Kier alpha value is -1.84. The van der Waals surface area contributed by atoms with Crippen molar-refractivity contribution < 1.29 is 4.74 Å². The molecule has 0 aliphatic rings. The zero-order chi connectivity index (χ0) is 13.9. The Balaban J connectivity index is 1.88. The minimum atomic E-state index is 0.00413. The summed E-state index contributed by atoms with van der Waals surface area (Å²) in [6.45, 7) is 0. The SMILES string of the molecule is COc1cccc(CC(N)c2cccc3ccsc23)c1. The minimum absolute atomic E-state index is 0.00413. The van der Waals surface area contributed by atoms with Crippen LogP contribution in [0.15, 0.2) is 53.9 Å². The molecule has 0 amide bonds. The predicted molar refractivity (Wildman–Crippen MR) is 85.5 cm³/mol. The first kappa shape index (κ1) is 13.2. The van der Waals surface area contributed by atoms with E-state index in [1.54, 1.807) is 18.4 Å². The second kappa shape index (κ2) is 5.65. The number of hydrogen-bond acceptors (Lipinski definition) is 3. The van der Waals surface area contributed by atoms with Crippen LogP contribution in [0.1, 0.15) is 17.2 Å². The topological polar surface area (TPSA) is 35.2 Å². The lowest BCUT2D eigenvalue weighted by Gasteiger charge is -2.14. The molecule has 20 heavy (non-hydrogen) atoms. The molecule has 0 saturated carbocycles. The molecule has 0 fully saturated rings. The largest absolute Gasteiger partial charge is 0.497 e. The Kier molecular flexibility index (Phi) is 3.72. The zero-order valence-electron chi connectivity index (χ0n) is 11.4. The van der Waals surface area contributed by atoms with Crippen molar-refractivity contribution in [3.63, 3.8) is 0 Å². The molecule has 3 heteroatoms. The standard InChI is InChI=1S/C17H17NOS/c1-19-14-6-2-4-12(10-14)11-16(18)15-7-3-5-13-8-9-20-17(13)15/h2-10,16H,11,18H2,1H3. The molecule has 0 saturated heterocycles. The highest BCUT2D eigenvalue weighted by Gasteiger charge is 2.11. The van der Waals surface area contributed by atoms with Gasteiger partial charge in [-0.1, -0.05) is 30.3 Å². The van der Waals surface area contributed by atoms with E-state index in [4.69, 9.17) is 10.5 Å². The molecule has 2 aromatic carbocycles. The normalized spacial score (nSPS) is 12.5. The van der Waals surface area contributed by atoms with Crippen LogP contribution in [0.2, 0.25) is 0 Å². The highest BCUT2D eigenvalue weighted by Crippen LogP contribution is 2.29. The van der Waals surface area contributed by atoms with Crippen LogP contribution in [0.4, 0.5) is 0 Å². The number of hydrogen-bond donors (Lipinski definition) is 1. The lowest BCUT2D eigenvalue weighted by molar-refractivity contribution is 0.414. The summed E-state index contributed by atoms with van der Waals surface area (Å²) < 4.78 is 6.56. The summed E-state index contributed by atoms with van der Waals surface area (Å²) in [6.07, 6.45) is 0.814. The summed E-state index contributed by atoms with van der Waals surface area (Å²) in [6, 6.07) is 16.6. The first-order chi connectivity index (χ1) is 9.78. The predicted octanol–water partition coefficient (Wildman–Crippen LogP) is 4.15. The van der Waals surface area contributed by atoms with Crippen LogP contribution in [0, 0.1) is 0 Å². The van der Waals surface area contributed by atoms with E-state index in [-0.39, 0.29) is 6.04 Å². The first-order valence-corrected chi connectivity index (χ1v) is 7.50. The van der Waals surface area contributed by atoms with Gasteiger partial charge in [0.1, 0.15) is 5.75 Å². The average Bonchev–Trinajstić information content (AvgIpc) is 2.95. The number of ether oxygens (including phenoxy) is 1. The quantitative estimate of drug-likeness (QED) is 0.780. The van der Waals surface area contributed by atoms with Crippen molar-refractivity contribution in [1.82, 2.24) is 0 Å². The van der Waals surface area contributed by atoms with E-state index in [0.29, 0.717) is 0 Å². The van der Waals surface area contributed by atoms with Gasteiger partial charge in [0.05, 0.1) is 7.11 Å². The maximum atomic E-state index is 6.41. The van der Waals surface area contributed by atoms with Crippen LogP contribution in [0.5, 0.6) is 5.75 Å². The van der Waals surface area contributed by atoms with E-state index in [1.165, 1.54) is 21.2 Å². The molecule has 1 aromatic heterocycles. The number of nitrogens with two attached hydrogens (primary N) is 1. The lowest BCUT2D eigenvalue weighted by atomic mass is 9.98. The van der Waals surface area contributed by atoms with Crippen molar-refractivity contribution in [3.05, 3.63) is 65.0 Å². The third-order valence-corrected chi connectivity index (χ3v) is 4.48. The third kappa shape index (κ3) is 2.55. The molecule has 102 valence electrons. The molecule has 0 aliphatic carbocycles. The van der Waals surface area contributed by atoms with E-state index in [1.807, 2.05) is 12.1 Å². The van der Waals surface area contributed by atoms with E-state index in [9.17, 15) is 0 Å². The zero-order valence-corrected chi connectivity index (χ0v) is 12.2. The lowest BCUT2D eigenvalue weighted by Crippen LogP contribution is -2.13. The number of methoxy groups -OCH3 is 1. The molecule has 1 unspecified atom stereocenters. The van der Waals surface area contributed by atoms with Crippen LogP contribution in [-0.2, 0) is 6.42 Å². The molecule has 3 aromatic rings. The summed E-state index contributed by atoms with van der Waals surface area (Å²) in [5.41, 5.74) is 8.83. The van der Waals surface area contributed by atoms with Gasteiger partial charge in [0.2, 0.25) is 0 Å². The van der Waals surface area contributed by atoms with Gasteiger partial charge in [0.15, 0.2) is 0 Å². The fraction of sp³-hybridized carbons (Fsp3) is 0.176. The first-order valence-electron chi connectivity index (χ1n) is 6.62. The fourth-order valence-electron chi connectivity index (χ4n) is 2.47. The number of thiophene rings is 1.